The Balaban J connectivity index is 1.93. The van der Waals surface area contributed by atoms with Gasteiger partial charge in [-0.3, -0.25) is 9.78 Å². The minimum Gasteiger partial charge on any atom is -0.508 e. The van der Waals surface area contributed by atoms with Crippen LogP contribution in [-0.2, 0) is 6.61 Å². The summed E-state index contributed by atoms with van der Waals surface area (Å²) in [6.07, 6.45) is 3.17. The van der Waals surface area contributed by atoms with Crippen LogP contribution in [0.5, 0.6) is 28.7 Å². The van der Waals surface area contributed by atoms with Crippen molar-refractivity contribution in [2.45, 2.75) is 6.61 Å². The number of aromatic nitrogens is 1. The van der Waals surface area contributed by atoms with E-state index in [4.69, 9.17) is 9.15 Å². The molecule has 146 valence electrons. The number of hydrogen-bond acceptors (Lipinski definition) is 8. The van der Waals surface area contributed by atoms with E-state index in [1.807, 2.05) is 0 Å². The summed E-state index contributed by atoms with van der Waals surface area (Å²) in [6.45, 7) is 0.0000177. The molecule has 4 N–H and O–H groups in total. The molecule has 2 aromatic carbocycles. The van der Waals surface area contributed by atoms with Gasteiger partial charge >= 0.3 is 0 Å². The molecule has 0 aliphatic carbocycles. The van der Waals surface area contributed by atoms with Crippen molar-refractivity contribution in [2.24, 2.45) is 0 Å². The predicted molar refractivity (Wildman–Crippen MR) is 103 cm³/mol. The van der Waals surface area contributed by atoms with E-state index in [9.17, 15) is 25.2 Å². The molecule has 8 nitrogen and oxygen atoms in total. The quantitative estimate of drug-likeness (QED) is 0.388. The Labute approximate surface area is 163 Å². The van der Waals surface area contributed by atoms with Crippen LogP contribution in [0.1, 0.15) is 5.56 Å². The molecule has 0 saturated carbocycles. The Hall–Kier alpha value is -4.20. The Morgan fingerprint density at radius 3 is 2.52 bits per heavy atom. The van der Waals surface area contributed by atoms with Crippen LogP contribution >= 0.6 is 0 Å². The Bertz CT molecular complexity index is 1270. The number of pyridine rings is 1. The maximum absolute atomic E-state index is 13.1. The third-order valence-corrected chi connectivity index (χ3v) is 4.26. The zero-order valence-corrected chi connectivity index (χ0v) is 14.9. The topological polar surface area (TPSA) is 133 Å². The molecule has 2 heterocycles. The number of phenols is 4. The van der Waals surface area contributed by atoms with Crippen LogP contribution in [0.4, 0.5) is 0 Å². The van der Waals surface area contributed by atoms with Gasteiger partial charge in [-0.05, 0) is 24.3 Å². The van der Waals surface area contributed by atoms with Gasteiger partial charge in [-0.15, -0.1) is 0 Å². The first-order chi connectivity index (χ1) is 13.9. The number of rotatable bonds is 4. The maximum Gasteiger partial charge on any atom is 0.239 e. The van der Waals surface area contributed by atoms with E-state index in [2.05, 4.69) is 4.98 Å². The fourth-order valence-electron chi connectivity index (χ4n) is 2.89. The average Bonchev–Trinajstić information content (AvgIpc) is 2.69. The van der Waals surface area contributed by atoms with Gasteiger partial charge in [-0.1, -0.05) is 6.07 Å². The Morgan fingerprint density at radius 2 is 1.79 bits per heavy atom. The molecule has 0 fully saturated rings. The normalized spacial score (nSPS) is 10.9. The monoisotopic (exact) mass is 393 g/mol. The molecule has 0 aliphatic rings. The molecule has 2 aromatic heterocycles. The van der Waals surface area contributed by atoms with Crippen LogP contribution < -0.4 is 10.2 Å². The zero-order chi connectivity index (χ0) is 20.5. The van der Waals surface area contributed by atoms with E-state index < -0.39 is 16.9 Å². The van der Waals surface area contributed by atoms with E-state index in [-0.39, 0.29) is 46.1 Å². The second kappa shape index (κ2) is 7.08. The van der Waals surface area contributed by atoms with Crippen molar-refractivity contribution in [3.8, 4) is 40.1 Å². The maximum atomic E-state index is 13.1. The first kappa shape index (κ1) is 18.2. The van der Waals surface area contributed by atoms with Crippen LogP contribution in [0.15, 0.2) is 64.1 Å². The first-order valence-corrected chi connectivity index (χ1v) is 8.51. The fraction of sp³-hybridized carbons (Fsp3) is 0.0476. The largest absolute Gasteiger partial charge is 0.508 e. The third kappa shape index (κ3) is 3.39. The highest BCUT2D eigenvalue weighted by molar-refractivity contribution is 5.88. The van der Waals surface area contributed by atoms with Crippen molar-refractivity contribution in [2.75, 3.05) is 0 Å². The molecular formula is C21H15NO7. The van der Waals surface area contributed by atoms with Gasteiger partial charge in [-0.25, -0.2) is 0 Å². The molecule has 0 bridgehead atoms. The summed E-state index contributed by atoms with van der Waals surface area (Å²) in [5, 5.41) is 39.1. The van der Waals surface area contributed by atoms with E-state index in [0.29, 0.717) is 5.56 Å². The highest BCUT2D eigenvalue weighted by Gasteiger charge is 2.21. The molecule has 4 aromatic rings. The minimum absolute atomic E-state index is 0.0000177. The summed E-state index contributed by atoms with van der Waals surface area (Å²) in [5.41, 5.74) is 0.226. The summed E-state index contributed by atoms with van der Waals surface area (Å²) in [4.78, 5) is 17.1. The SMILES string of the molecule is O=c1c(OCc2cccnc2)c(-c2ccc(O)c(O)c2)oc2cc(O)cc(O)c12. The van der Waals surface area contributed by atoms with Gasteiger partial charge in [0, 0.05) is 35.7 Å². The van der Waals surface area contributed by atoms with Crippen molar-refractivity contribution in [3.05, 3.63) is 70.6 Å². The summed E-state index contributed by atoms with van der Waals surface area (Å²) >= 11 is 0. The molecule has 4 rings (SSSR count). The van der Waals surface area contributed by atoms with E-state index >= 15 is 0 Å². The van der Waals surface area contributed by atoms with Gasteiger partial charge in [0.25, 0.3) is 0 Å². The fourth-order valence-corrected chi connectivity index (χ4v) is 2.89. The lowest BCUT2D eigenvalue weighted by Gasteiger charge is -2.13. The van der Waals surface area contributed by atoms with E-state index in [1.54, 1.807) is 24.5 Å². The van der Waals surface area contributed by atoms with Gasteiger partial charge in [0.05, 0.1) is 0 Å². The smallest absolute Gasteiger partial charge is 0.239 e. The molecule has 0 spiro atoms. The van der Waals surface area contributed by atoms with Gasteiger partial charge in [0.15, 0.2) is 17.3 Å². The molecule has 0 radical (unpaired) electrons. The van der Waals surface area contributed by atoms with Crippen LogP contribution in [0.2, 0.25) is 0 Å². The highest BCUT2D eigenvalue weighted by Crippen LogP contribution is 2.38. The number of aromatic hydroxyl groups is 4. The summed E-state index contributed by atoms with van der Waals surface area (Å²) in [7, 11) is 0. The predicted octanol–water partition coefficient (Wildman–Crippen LogP) is 3.26. The molecule has 0 aliphatic heterocycles. The van der Waals surface area contributed by atoms with Crippen LogP contribution in [-0.4, -0.2) is 25.4 Å². The lowest BCUT2D eigenvalue weighted by molar-refractivity contribution is 0.297. The van der Waals surface area contributed by atoms with Crippen LogP contribution in [0.25, 0.3) is 22.3 Å². The lowest BCUT2D eigenvalue weighted by atomic mass is 10.1. The van der Waals surface area contributed by atoms with Crippen LogP contribution in [0.3, 0.4) is 0 Å². The van der Waals surface area contributed by atoms with E-state index in [0.717, 1.165) is 6.07 Å². The Kier molecular flexibility index (Phi) is 4.44. The van der Waals surface area contributed by atoms with Gasteiger partial charge in [0.2, 0.25) is 11.2 Å². The average molecular weight is 393 g/mol. The second-order valence-electron chi connectivity index (χ2n) is 6.28. The lowest BCUT2D eigenvalue weighted by Crippen LogP contribution is -2.10. The Morgan fingerprint density at radius 1 is 0.966 bits per heavy atom. The summed E-state index contributed by atoms with van der Waals surface area (Å²) in [6, 6.07) is 9.56. The number of nitrogens with zero attached hydrogens (tertiary/aromatic N) is 1. The molecule has 0 unspecified atom stereocenters. The number of benzene rings is 2. The molecule has 29 heavy (non-hydrogen) atoms. The first-order valence-electron chi connectivity index (χ1n) is 8.51. The van der Waals surface area contributed by atoms with Gasteiger partial charge in [0.1, 0.15) is 29.1 Å². The zero-order valence-electron chi connectivity index (χ0n) is 14.9. The number of phenolic OH excluding ortho intramolecular Hbond substituents is 4. The number of ether oxygens (including phenoxy) is 1. The molecule has 0 amide bonds. The van der Waals surface area contributed by atoms with Crippen molar-refractivity contribution in [1.82, 2.24) is 4.98 Å². The van der Waals surface area contributed by atoms with Gasteiger partial charge in [-0.2, -0.15) is 0 Å². The third-order valence-electron chi connectivity index (χ3n) is 4.26. The highest BCUT2D eigenvalue weighted by atomic mass is 16.5. The second-order valence-corrected chi connectivity index (χ2v) is 6.28. The number of hydrogen-bond donors (Lipinski definition) is 4. The molecule has 8 heteroatoms. The summed E-state index contributed by atoms with van der Waals surface area (Å²) < 4.78 is 11.5. The minimum atomic E-state index is -0.657. The van der Waals surface area contributed by atoms with Crippen molar-refractivity contribution in [1.29, 1.82) is 0 Å². The molecule has 0 saturated heterocycles. The van der Waals surface area contributed by atoms with E-state index in [1.165, 1.54) is 24.3 Å². The van der Waals surface area contributed by atoms with Crippen molar-refractivity contribution >= 4 is 11.0 Å². The van der Waals surface area contributed by atoms with Crippen LogP contribution in [0, 0.1) is 0 Å². The van der Waals surface area contributed by atoms with Crippen molar-refractivity contribution in [3.63, 3.8) is 0 Å². The molecule has 0 atom stereocenters. The van der Waals surface area contributed by atoms with Crippen molar-refractivity contribution < 1.29 is 29.6 Å². The van der Waals surface area contributed by atoms with Gasteiger partial charge < -0.3 is 29.6 Å². The molecular weight excluding hydrogens is 378 g/mol. The number of fused-ring (bicyclic) bond motifs is 1. The summed E-state index contributed by atoms with van der Waals surface area (Å²) in [5.74, 6) is -1.74. The standard InChI is InChI=1S/C21H15NO7/c23-13-7-16(26)18-17(8-13)29-20(12-3-4-14(24)15(25)6-12)21(19(18)27)28-10-11-2-1-5-22-9-11/h1-9,23-26H,10H2.